The molecule has 1 amide bonds. The molecule has 6 nitrogen and oxygen atoms in total. The lowest BCUT2D eigenvalue weighted by atomic mass is 10.0. The number of rotatable bonds is 5. The van der Waals surface area contributed by atoms with E-state index in [2.05, 4.69) is 90.2 Å². The number of benzene rings is 3. The number of hydrogen-bond acceptors (Lipinski definition) is 3. The lowest BCUT2D eigenvalue weighted by Gasteiger charge is -2.18. The van der Waals surface area contributed by atoms with Crippen LogP contribution in [0.25, 0.3) is 44.5 Å². The van der Waals surface area contributed by atoms with Crippen LogP contribution in [0.1, 0.15) is 19.3 Å². The van der Waals surface area contributed by atoms with Gasteiger partial charge in [-0.25, -0.2) is 4.98 Å². The summed E-state index contributed by atoms with van der Waals surface area (Å²) < 4.78 is 3.40. The molecule has 1 saturated heterocycles. The van der Waals surface area contributed by atoms with Gasteiger partial charge in [0.05, 0.1) is 22.7 Å². The first-order chi connectivity index (χ1) is 17.6. The van der Waals surface area contributed by atoms with Gasteiger partial charge in [-0.15, -0.1) is 0 Å². The Hall–Kier alpha value is -3.45. The molecule has 2 aliphatic rings. The van der Waals surface area contributed by atoms with E-state index in [9.17, 15) is 4.79 Å². The van der Waals surface area contributed by atoms with Crippen molar-refractivity contribution in [1.29, 1.82) is 0 Å². The Morgan fingerprint density at radius 3 is 2.61 bits per heavy atom. The number of nitrogens with zero attached hydrogens (tertiary/aromatic N) is 4. The summed E-state index contributed by atoms with van der Waals surface area (Å²) in [4.78, 5) is 19.7. The zero-order valence-corrected chi connectivity index (χ0v) is 21.4. The third-order valence-electron chi connectivity index (χ3n) is 7.59. The molecule has 1 aliphatic carbocycles. The van der Waals surface area contributed by atoms with Crippen molar-refractivity contribution in [1.82, 2.24) is 24.6 Å². The van der Waals surface area contributed by atoms with Crippen molar-refractivity contribution in [3.8, 4) is 22.5 Å². The number of hydrogen-bond donors (Lipinski definition) is 1. The molecule has 0 radical (unpaired) electrons. The van der Waals surface area contributed by atoms with Crippen molar-refractivity contribution in [3.63, 3.8) is 0 Å². The molecule has 180 valence electrons. The molecule has 36 heavy (non-hydrogen) atoms. The maximum Gasteiger partial charge on any atom is 0.225 e. The number of carbonyl (C=O) groups is 1. The van der Waals surface area contributed by atoms with E-state index >= 15 is 0 Å². The van der Waals surface area contributed by atoms with Crippen molar-refractivity contribution in [2.75, 3.05) is 13.1 Å². The number of halogens is 1. The lowest BCUT2D eigenvalue weighted by Crippen LogP contribution is -2.30. The summed E-state index contributed by atoms with van der Waals surface area (Å²) in [6.45, 7) is 2.58. The molecule has 2 fully saturated rings. The third-order valence-corrected chi connectivity index (χ3v) is 8.09. The number of fused-ring (bicyclic) bond motifs is 2. The number of imidazole rings is 1. The first kappa shape index (κ1) is 21.8. The van der Waals surface area contributed by atoms with E-state index in [0.29, 0.717) is 11.8 Å². The van der Waals surface area contributed by atoms with E-state index in [-0.39, 0.29) is 5.92 Å². The SMILES string of the molecule is O=C(C1CC1)N1CC[C@@H](Cn2c(-c3ccc(-c4ccc5[nH]ncc5c4)cc3)nc3ccc(Br)cc32)C1. The highest BCUT2D eigenvalue weighted by Crippen LogP contribution is 2.35. The molecule has 5 aromatic rings. The highest BCUT2D eigenvalue weighted by Gasteiger charge is 2.36. The fourth-order valence-electron chi connectivity index (χ4n) is 5.46. The molecule has 0 spiro atoms. The monoisotopic (exact) mass is 539 g/mol. The summed E-state index contributed by atoms with van der Waals surface area (Å²) in [7, 11) is 0. The number of nitrogens with one attached hydrogen (secondary N) is 1. The van der Waals surface area contributed by atoms with E-state index in [1.165, 1.54) is 5.56 Å². The Labute approximate surface area is 217 Å². The zero-order chi connectivity index (χ0) is 24.2. The Morgan fingerprint density at radius 1 is 0.972 bits per heavy atom. The fourth-order valence-corrected chi connectivity index (χ4v) is 5.81. The Bertz CT molecular complexity index is 1600. The van der Waals surface area contributed by atoms with Gasteiger partial charge in [-0.3, -0.25) is 9.89 Å². The average molecular weight is 540 g/mol. The summed E-state index contributed by atoms with van der Waals surface area (Å²) in [5, 5.41) is 8.25. The average Bonchev–Trinajstić information content (AvgIpc) is 3.30. The van der Waals surface area contributed by atoms with Crippen LogP contribution >= 0.6 is 15.9 Å². The molecular formula is C29H26BrN5O. The normalized spacial score (nSPS) is 17.9. The van der Waals surface area contributed by atoms with E-state index in [1.54, 1.807) is 0 Å². The second-order valence-electron chi connectivity index (χ2n) is 10.1. The molecular weight excluding hydrogens is 514 g/mol. The molecule has 7 rings (SSSR count). The van der Waals surface area contributed by atoms with Crippen molar-refractivity contribution in [2.45, 2.75) is 25.8 Å². The van der Waals surface area contributed by atoms with Gasteiger partial charge in [0.15, 0.2) is 0 Å². The summed E-state index contributed by atoms with van der Waals surface area (Å²) in [5.74, 6) is 2.06. The van der Waals surface area contributed by atoms with Gasteiger partial charge in [0, 0.05) is 41.0 Å². The molecule has 0 unspecified atom stereocenters. The predicted octanol–water partition coefficient (Wildman–Crippen LogP) is 6.27. The Balaban J connectivity index is 1.21. The lowest BCUT2D eigenvalue weighted by molar-refractivity contribution is -0.131. The smallest absolute Gasteiger partial charge is 0.225 e. The van der Waals surface area contributed by atoms with Crippen molar-refractivity contribution in [3.05, 3.63) is 71.3 Å². The Kier molecular flexibility index (Phi) is 5.20. The van der Waals surface area contributed by atoms with Gasteiger partial charge >= 0.3 is 0 Å². The molecule has 1 atom stereocenters. The number of H-pyrrole nitrogens is 1. The van der Waals surface area contributed by atoms with Crippen LogP contribution in [-0.4, -0.2) is 43.6 Å². The topological polar surface area (TPSA) is 66.8 Å². The van der Waals surface area contributed by atoms with E-state index in [1.807, 2.05) is 12.3 Å². The van der Waals surface area contributed by atoms with Gasteiger partial charge in [0.2, 0.25) is 5.91 Å². The van der Waals surface area contributed by atoms with Gasteiger partial charge in [0.25, 0.3) is 0 Å². The maximum atomic E-state index is 12.6. The molecule has 0 bridgehead atoms. The van der Waals surface area contributed by atoms with Gasteiger partial charge < -0.3 is 9.47 Å². The standard InChI is InChI=1S/C29H26BrN5O/c30-24-8-10-26-27(14-24)35(17-18-11-12-34(16-18)29(36)21-5-6-21)28(32-26)20-3-1-19(2-4-20)22-7-9-25-23(13-22)15-31-33-25/h1-4,7-10,13-15,18,21H,5-6,11-12,16-17H2,(H,31,33)/t18-/m1/s1. The Morgan fingerprint density at radius 2 is 1.78 bits per heavy atom. The second kappa shape index (κ2) is 8.59. The molecule has 3 heterocycles. The highest BCUT2D eigenvalue weighted by atomic mass is 79.9. The second-order valence-corrected chi connectivity index (χ2v) is 11.1. The number of aromatic nitrogens is 4. The van der Waals surface area contributed by atoms with Crippen LogP contribution in [0.4, 0.5) is 0 Å². The predicted molar refractivity (Wildman–Crippen MR) is 145 cm³/mol. The van der Waals surface area contributed by atoms with Crippen LogP contribution in [0, 0.1) is 11.8 Å². The number of likely N-dealkylation sites (tertiary alicyclic amines) is 1. The molecule has 1 saturated carbocycles. The van der Waals surface area contributed by atoms with Crippen LogP contribution in [0.3, 0.4) is 0 Å². The highest BCUT2D eigenvalue weighted by molar-refractivity contribution is 9.10. The molecule has 7 heteroatoms. The summed E-state index contributed by atoms with van der Waals surface area (Å²) in [5.41, 5.74) is 6.59. The summed E-state index contributed by atoms with van der Waals surface area (Å²) in [6, 6.07) is 21.3. The van der Waals surface area contributed by atoms with Crippen molar-refractivity contribution < 1.29 is 4.79 Å². The molecule has 1 N–H and O–H groups in total. The minimum absolute atomic E-state index is 0.289. The van der Waals surface area contributed by atoms with Crippen LogP contribution in [0.15, 0.2) is 71.3 Å². The van der Waals surface area contributed by atoms with Crippen molar-refractivity contribution >= 4 is 43.8 Å². The number of aromatic amines is 1. The van der Waals surface area contributed by atoms with E-state index < -0.39 is 0 Å². The minimum Gasteiger partial charge on any atom is -0.342 e. The van der Waals surface area contributed by atoms with Crippen LogP contribution in [-0.2, 0) is 11.3 Å². The fraction of sp³-hybridized carbons (Fsp3) is 0.276. The zero-order valence-electron chi connectivity index (χ0n) is 19.8. The first-order valence-electron chi connectivity index (χ1n) is 12.6. The largest absolute Gasteiger partial charge is 0.342 e. The summed E-state index contributed by atoms with van der Waals surface area (Å²) >= 11 is 3.65. The maximum absolute atomic E-state index is 12.6. The van der Waals surface area contributed by atoms with Crippen molar-refractivity contribution in [2.24, 2.45) is 11.8 Å². The number of amides is 1. The van der Waals surface area contributed by atoms with Gasteiger partial charge in [0.1, 0.15) is 5.82 Å². The molecule has 3 aromatic carbocycles. The minimum atomic E-state index is 0.289. The van der Waals surface area contributed by atoms with E-state index in [4.69, 9.17) is 4.98 Å². The quantitative estimate of drug-likeness (QED) is 0.286. The first-order valence-corrected chi connectivity index (χ1v) is 13.4. The van der Waals surface area contributed by atoms with Gasteiger partial charge in [-0.1, -0.05) is 46.3 Å². The summed E-state index contributed by atoms with van der Waals surface area (Å²) in [6.07, 6.45) is 5.03. The number of carbonyl (C=O) groups excluding carboxylic acids is 1. The molecule has 2 aromatic heterocycles. The third kappa shape index (κ3) is 3.91. The van der Waals surface area contributed by atoms with Gasteiger partial charge in [-0.05, 0) is 66.6 Å². The van der Waals surface area contributed by atoms with Crippen LogP contribution in [0.2, 0.25) is 0 Å². The van der Waals surface area contributed by atoms with Crippen LogP contribution < -0.4 is 0 Å². The van der Waals surface area contributed by atoms with Crippen LogP contribution in [0.5, 0.6) is 0 Å². The van der Waals surface area contributed by atoms with E-state index in [0.717, 1.165) is 82.3 Å². The molecule has 1 aliphatic heterocycles. The van der Waals surface area contributed by atoms with Gasteiger partial charge in [-0.2, -0.15) is 5.10 Å².